The van der Waals surface area contributed by atoms with Crippen molar-refractivity contribution in [3.8, 4) is 11.5 Å². The van der Waals surface area contributed by atoms with Crippen LogP contribution < -0.4 is 14.8 Å². The fourth-order valence-electron chi connectivity index (χ4n) is 1.88. The number of carbonyl (C=O) groups excluding carboxylic acids is 1. The highest BCUT2D eigenvalue weighted by atomic mass is 35.5. The summed E-state index contributed by atoms with van der Waals surface area (Å²) >= 11 is 12.4. The van der Waals surface area contributed by atoms with E-state index in [-0.39, 0.29) is 21.7 Å². The number of pyridine rings is 1. The Balaban J connectivity index is 2.33. The number of ether oxygens (including phenoxy) is 1. The van der Waals surface area contributed by atoms with Crippen molar-refractivity contribution in [1.82, 2.24) is 0 Å². The molecule has 2 N–H and O–H groups in total. The van der Waals surface area contributed by atoms with Crippen LogP contribution in [0.3, 0.4) is 0 Å². The number of nitrogens with one attached hydrogen (secondary N) is 1. The van der Waals surface area contributed by atoms with E-state index in [0.717, 1.165) is 4.73 Å². The van der Waals surface area contributed by atoms with Gasteiger partial charge in [0.1, 0.15) is 5.75 Å². The van der Waals surface area contributed by atoms with Gasteiger partial charge in [0.05, 0.1) is 0 Å². The standard InChI is InChI=1S/C15H14Cl2N2O3/c1-8-13(16)15(14(17)9(2)19(8)21)22-12-6-4-11(5-7-12)18-10(3)20/h4-7H,1-3H3,(H-,18,20,21)/p+1. The van der Waals surface area contributed by atoms with Crippen LogP contribution in [-0.2, 0) is 4.79 Å². The van der Waals surface area contributed by atoms with Crippen LogP contribution in [0.2, 0.25) is 10.0 Å². The first-order valence-corrected chi connectivity index (χ1v) is 7.21. The molecule has 2 rings (SSSR count). The second kappa shape index (κ2) is 6.42. The largest absolute Gasteiger partial charge is 0.454 e. The van der Waals surface area contributed by atoms with E-state index in [0.29, 0.717) is 22.8 Å². The number of nitrogens with zero attached hydrogens (tertiary/aromatic N) is 1. The number of hydrogen-bond acceptors (Lipinski definition) is 3. The fraction of sp³-hybridized carbons (Fsp3) is 0.200. The lowest BCUT2D eigenvalue weighted by Crippen LogP contribution is -2.37. The van der Waals surface area contributed by atoms with Gasteiger partial charge in [-0.25, -0.2) is 0 Å². The summed E-state index contributed by atoms with van der Waals surface area (Å²) in [7, 11) is 0. The zero-order chi connectivity index (χ0) is 16.4. The van der Waals surface area contributed by atoms with Gasteiger partial charge in [-0.15, -0.1) is 0 Å². The highest BCUT2D eigenvalue weighted by Gasteiger charge is 2.26. The number of aromatic nitrogens is 1. The van der Waals surface area contributed by atoms with Crippen LogP contribution in [0.25, 0.3) is 0 Å². The minimum atomic E-state index is -0.151. The Morgan fingerprint density at radius 1 is 1.14 bits per heavy atom. The van der Waals surface area contributed by atoms with Crippen molar-refractivity contribution in [2.45, 2.75) is 20.8 Å². The van der Waals surface area contributed by atoms with Crippen LogP contribution in [0.1, 0.15) is 18.3 Å². The van der Waals surface area contributed by atoms with E-state index in [2.05, 4.69) is 5.32 Å². The van der Waals surface area contributed by atoms with E-state index in [9.17, 15) is 10.0 Å². The number of hydrogen-bond donors (Lipinski definition) is 2. The molecule has 1 aromatic carbocycles. The Bertz CT molecular complexity index is 702. The second-order valence-electron chi connectivity index (χ2n) is 4.75. The molecule has 1 amide bonds. The summed E-state index contributed by atoms with van der Waals surface area (Å²) in [5, 5.41) is 12.9. The minimum absolute atomic E-state index is 0.151. The molecule has 0 radical (unpaired) electrons. The summed E-state index contributed by atoms with van der Waals surface area (Å²) in [5.41, 5.74) is 1.51. The van der Waals surface area contributed by atoms with Crippen LogP contribution in [-0.4, -0.2) is 11.1 Å². The van der Waals surface area contributed by atoms with E-state index in [4.69, 9.17) is 27.9 Å². The van der Waals surface area contributed by atoms with E-state index in [1.165, 1.54) is 6.92 Å². The highest BCUT2D eigenvalue weighted by Crippen LogP contribution is 2.38. The number of halogens is 2. The van der Waals surface area contributed by atoms with Gasteiger partial charge >= 0.3 is 0 Å². The van der Waals surface area contributed by atoms with Crippen LogP contribution in [0.4, 0.5) is 5.69 Å². The van der Waals surface area contributed by atoms with Crippen molar-refractivity contribution in [2.75, 3.05) is 5.32 Å². The third-order valence-corrected chi connectivity index (χ3v) is 3.95. The van der Waals surface area contributed by atoms with Gasteiger partial charge < -0.3 is 10.1 Å². The molecule has 0 atom stereocenters. The van der Waals surface area contributed by atoms with E-state index >= 15 is 0 Å². The molecular weight excluding hydrogens is 327 g/mol. The molecule has 7 heteroatoms. The van der Waals surface area contributed by atoms with Gasteiger partial charge in [-0.2, -0.15) is 0 Å². The molecule has 0 spiro atoms. The molecule has 22 heavy (non-hydrogen) atoms. The van der Waals surface area contributed by atoms with Crippen LogP contribution in [0.5, 0.6) is 11.5 Å². The smallest absolute Gasteiger partial charge is 0.253 e. The lowest BCUT2D eigenvalue weighted by atomic mass is 10.2. The maximum Gasteiger partial charge on any atom is 0.253 e. The van der Waals surface area contributed by atoms with Crippen LogP contribution >= 0.6 is 23.2 Å². The average Bonchev–Trinajstić information content (AvgIpc) is 2.49. The Morgan fingerprint density at radius 2 is 1.64 bits per heavy atom. The number of benzene rings is 1. The summed E-state index contributed by atoms with van der Waals surface area (Å²) in [6.45, 7) is 4.74. The molecule has 0 saturated carbocycles. The molecular formula is C15H15Cl2N2O3+. The van der Waals surface area contributed by atoms with E-state index in [1.807, 2.05) is 0 Å². The molecule has 0 aliphatic carbocycles. The van der Waals surface area contributed by atoms with Crippen molar-refractivity contribution in [2.24, 2.45) is 0 Å². The summed E-state index contributed by atoms with van der Waals surface area (Å²) in [4.78, 5) is 11.0. The van der Waals surface area contributed by atoms with Gasteiger partial charge in [0.2, 0.25) is 5.91 Å². The molecule has 1 heterocycles. The molecule has 0 saturated heterocycles. The summed E-state index contributed by atoms with van der Waals surface area (Å²) in [6, 6.07) is 6.77. The zero-order valence-electron chi connectivity index (χ0n) is 12.3. The first-order chi connectivity index (χ1) is 10.3. The Kier molecular flexibility index (Phi) is 4.78. The Labute approximate surface area is 138 Å². The third kappa shape index (κ3) is 3.26. The molecule has 0 aliphatic heterocycles. The number of amides is 1. The summed E-state index contributed by atoms with van der Waals surface area (Å²) in [6.07, 6.45) is 0. The second-order valence-corrected chi connectivity index (χ2v) is 5.50. The molecule has 0 aliphatic rings. The number of rotatable bonds is 3. The predicted octanol–water partition coefficient (Wildman–Crippen LogP) is 3.89. The predicted molar refractivity (Wildman–Crippen MR) is 84.1 cm³/mol. The van der Waals surface area contributed by atoms with Crippen LogP contribution in [0.15, 0.2) is 24.3 Å². The Hall–Kier alpha value is -1.98. The first kappa shape index (κ1) is 16.4. The number of anilines is 1. The maximum atomic E-state index is 11.0. The lowest BCUT2D eigenvalue weighted by molar-refractivity contribution is -0.912. The first-order valence-electron chi connectivity index (χ1n) is 6.46. The summed E-state index contributed by atoms with van der Waals surface area (Å²) < 4.78 is 6.63. The third-order valence-electron chi connectivity index (χ3n) is 3.06. The fourth-order valence-corrected chi connectivity index (χ4v) is 2.35. The summed E-state index contributed by atoms with van der Waals surface area (Å²) in [5.74, 6) is 0.630. The molecule has 2 aromatic rings. The molecule has 1 aromatic heterocycles. The van der Waals surface area contributed by atoms with E-state index in [1.54, 1.807) is 38.1 Å². The molecule has 0 bridgehead atoms. The van der Waals surface area contributed by atoms with Crippen molar-refractivity contribution in [1.29, 1.82) is 0 Å². The maximum absolute atomic E-state index is 11.0. The van der Waals surface area contributed by atoms with E-state index < -0.39 is 0 Å². The molecule has 0 unspecified atom stereocenters. The molecule has 5 nitrogen and oxygen atoms in total. The normalized spacial score (nSPS) is 10.4. The van der Waals surface area contributed by atoms with Crippen molar-refractivity contribution in [3.05, 3.63) is 45.7 Å². The van der Waals surface area contributed by atoms with Crippen molar-refractivity contribution in [3.63, 3.8) is 0 Å². The van der Waals surface area contributed by atoms with Gasteiger partial charge in [-0.3, -0.25) is 10.0 Å². The van der Waals surface area contributed by atoms with Crippen molar-refractivity contribution >= 4 is 34.8 Å². The lowest BCUT2D eigenvalue weighted by Gasteiger charge is -2.11. The quantitative estimate of drug-likeness (QED) is 0.657. The topological polar surface area (TPSA) is 62.4 Å². The zero-order valence-corrected chi connectivity index (χ0v) is 13.8. The van der Waals surface area contributed by atoms with Gasteiger partial charge in [0.15, 0.2) is 15.8 Å². The highest BCUT2D eigenvalue weighted by molar-refractivity contribution is 6.37. The van der Waals surface area contributed by atoms with Crippen molar-refractivity contribution < 1.29 is 19.5 Å². The van der Waals surface area contributed by atoms with Gasteiger partial charge in [-0.05, 0) is 24.3 Å². The monoisotopic (exact) mass is 341 g/mol. The number of carbonyl (C=O) groups is 1. The molecule has 0 fully saturated rings. The van der Waals surface area contributed by atoms with Gasteiger partial charge in [-0.1, -0.05) is 23.2 Å². The SMILES string of the molecule is CC(=O)Nc1ccc(Oc2c(Cl)c(C)[n+](O)c(C)c2Cl)cc1. The van der Waals surface area contributed by atoms with Gasteiger partial charge in [0.25, 0.3) is 11.4 Å². The Morgan fingerprint density at radius 3 is 2.09 bits per heavy atom. The van der Waals surface area contributed by atoms with Gasteiger partial charge in [0, 0.05) is 31.2 Å². The van der Waals surface area contributed by atoms with Crippen LogP contribution in [0, 0.1) is 13.8 Å². The average molecular weight is 342 g/mol. The minimum Gasteiger partial charge on any atom is -0.454 e. The molecule has 116 valence electrons.